The lowest BCUT2D eigenvalue weighted by molar-refractivity contribution is -0.137. The Kier molecular flexibility index (Phi) is 4.22. The monoisotopic (exact) mass is 392 g/mol. The highest BCUT2D eigenvalue weighted by Crippen LogP contribution is 2.39. The van der Waals surface area contributed by atoms with Crippen molar-refractivity contribution in [2.24, 2.45) is 0 Å². The van der Waals surface area contributed by atoms with E-state index in [9.17, 15) is 18.3 Å². The van der Waals surface area contributed by atoms with Crippen molar-refractivity contribution >= 4 is 17.2 Å². The number of hydrogen-bond acceptors (Lipinski definition) is 6. The zero-order chi connectivity index (χ0) is 20.2. The van der Waals surface area contributed by atoms with Crippen LogP contribution in [-0.4, -0.2) is 46.2 Å². The molecule has 2 atom stereocenters. The van der Waals surface area contributed by atoms with Gasteiger partial charge in [-0.3, -0.25) is 0 Å². The molecule has 1 saturated carbocycles. The lowest BCUT2D eigenvalue weighted by Crippen LogP contribution is -2.21. The number of likely N-dealkylation sites (N-methyl/N-ethyl adjacent to an activating group) is 1. The zero-order valence-electron chi connectivity index (χ0n) is 15.5. The molecule has 28 heavy (non-hydrogen) atoms. The Morgan fingerprint density at radius 2 is 1.96 bits per heavy atom. The molecule has 2 heterocycles. The number of aromatic hydroxyl groups is 1. The summed E-state index contributed by atoms with van der Waals surface area (Å²) in [4.78, 5) is 10.8. The molecule has 1 aliphatic carbocycles. The van der Waals surface area contributed by atoms with E-state index < -0.39 is 17.5 Å². The summed E-state index contributed by atoms with van der Waals surface area (Å²) in [5.74, 6) is -0.479. The van der Waals surface area contributed by atoms with E-state index in [1.807, 2.05) is 14.1 Å². The summed E-state index contributed by atoms with van der Waals surface area (Å²) in [6.45, 7) is 1.50. The number of aromatic nitrogens is 2. The largest absolute Gasteiger partial charge is 0.507 e. The number of nitrogens with one attached hydrogen (secondary N) is 1. The van der Waals surface area contributed by atoms with E-state index in [1.165, 1.54) is 6.92 Å². The van der Waals surface area contributed by atoms with Gasteiger partial charge in [-0.05, 0) is 57.3 Å². The van der Waals surface area contributed by atoms with Gasteiger partial charge in [0.2, 0.25) is 5.65 Å². The summed E-state index contributed by atoms with van der Waals surface area (Å²) in [5.41, 5.74) is 0.710. The Labute approximate surface area is 159 Å². The molecule has 2 N–H and O–H groups in total. The van der Waals surface area contributed by atoms with Crippen molar-refractivity contribution in [2.75, 3.05) is 19.4 Å². The van der Waals surface area contributed by atoms with Gasteiger partial charge in [0.1, 0.15) is 5.75 Å². The van der Waals surface area contributed by atoms with Crippen LogP contribution in [0.3, 0.4) is 0 Å². The highest BCUT2D eigenvalue weighted by molar-refractivity contribution is 5.78. The Bertz CT molecular complexity index is 1020. The van der Waals surface area contributed by atoms with E-state index in [2.05, 4.69) is 20.2 Å². The number of rotatable bonds is 4. The molecule has 9 heteroatoms. The van der Waals surface area contributed by atoms with Gasteiger partial charge in [-0.1, -0.05) is 0 Å². The number of fused-ring (bicyclic) bond motifs is 1. The van der Waals surface area contributed by atoms with E-state index in [-0.39, 0.29) is 17.2 Å². The van der Waals surface area contributed by atoms with Crippen LogP contribution in [-0.2, 0) is 6.18 Å². The van der Waals surface area contributed by atoms with Crippen molar-refractivity contribution in [1.82, 2.24) is 14.9 Å². The first-order valence-corrected chi connectivity index (χ1v) is 8.75. The standard InChI is InChI=1S/C19H19F3N4O2/c1-9-6-10(19(20,21)22)7-14(27)16(9)11-4-5-15-17(23-11)25-18(28-15)24-12-8-13(12)26(2)3/h4-7,12-13,27H,8H2,1-3H3,(H,23,24,25)/t12-,13-/m1/s1. The molecule has 2 aromatic heterocycles. The van der Waals surface area contributed by atoms with Crippen molar-refractivity contribution < 1.29 is 22.7 Å². The summed E-state index contributed by atoms with van der Waals surface area (Å²) >= 11 is 0. The van der Waals surface area contributed by atoms with Gasteiger partial charge in [-0.25, -0.2) is 4.98 Å². The van der Waals surface area contributed by atoms with Crippen molar-refractivity contribution in [3.05, 3.63) is 35.4 Å². The topological polar surface area (TPSA) is 74.4 Å². The number of benzene rings is 1. The lowest BCUT2D eigenvalue weighted by atomic mass is 10.0. The summed E-state index contributed by atoms with van der Waals surface area (Å²) in [6.07, 6.45) is -3.54. The van der Waals surface area contributed by atoms with Crippen LogP contribution >= 0.6 is 0 Å². The van der Waals surface area contributed by atoms with Crippen LogP contribution in [0.1, 0.15) is 17.5 Å². The molecule has 0 saturated heterocycles. The second-order valence-electron chi connectivity index (χ2n) is 7.24. The Balaban J connectivity index is 1.65. The minimum atomic E-state index is -4.53. The maximum Gasteiger partial charge on any atom is 0.416 e. The molecule has 148 valence electrons. The number of anilines is 1. The van der Waals surface area contributed by atoms with Crippen LogP contribution in [0.25, 0.3) is 22.5 Å². The highest BCUT2D eigenvalue weighted by Gasteiger charge is 2.39. The van der Waals surface area contributed by atoms with Crippen LogP contribution in [0.5, 0.6) is 5.75 Å². The Morgan fingerprint density at radius 1 is 1.21 bits per heavy atom. The third kappa shape index (κ3) is 3.37. The molecule has 1 aliphatic rings. The molecular weight excluding hydrogens is 373 g/mol. The van der Waals surface area contributed by atoms with Crippen LogP contribution in [0.2, 0.25) is 0 Å². The normalized spacial score (nSPS) is 19.4. The maximum atomic E-state index is 12.9. The molecule has 4 rings (SSSR count). The van der Waals surface area contributed by atoms with Crippen molar-refractivity contribution in [3.63, 3.8) is 0 Å². The van der Waals surface area contributed by atoms with Crippen LogP contribution in [0, 0.1) is 6.92 Å². The number of pyridine rings is 1. The Morgan fingerprint density at radius 3 is 2.57 bits per heavy atom. The summed E-state index contributed by atoms with van der Waals surface area (Å²) in [5, 5.41) is 13.4. The third-order valence-electron chi connectivity index (χ3n) is 4.88. The van der Waals surface area contributed by atoms with Gasteiger partial charge in [0.15, 0.2) is 5.58 Å². The van der Waals surface area contributed by atoms with E-state index in [1.54, 1.807) is 12.1 Å². The van der Waals surface area contributed by atoms with Crippen molar-refractivity contribution in [2.45, 2.75) is 31.6 Å². The van der Waals surface area contributed by atoms with Gasteiger partial charge in [0.25, 0.3) is 6.01 Å². The molecule has 0 amide bonds. The van der Waals surface area contributed by atoms with Crippen LogP contribution in [0.4, 0.5) is 19.2 Å². The second-order valence-corrected chi connectivity index (χ2v) is 7.24. The fourth-order valence-electron chi connectivity index (χ4n) is 3.35. The maximum absolute atomic E-state index is 12.9. The SMILES string of the molecule is Cc1cc(C(F)(F)F)cc(O)c1-c1ccc2oc(N[C@@H]3C[C@H]3N(C)C)nc2n1. The Hall–Kier alpha value is -2.81. The van der Waals surface area contributed by atoms with Gasteiger partial charge in [-0.15, -0.1) is 0 Å². The number of oxazole rings is 1. The minimum absolute atomic E-state index is 0.238. The average Bonchev–Trinajstić information content (AvgIpc) is 3.23. The van der Waals surface area contributed by atoms with Crippen molar-refractivity contribution in [3.8, 4) is 17.0 Å². The molecule has 0 unspecified atom stereocenters. The smallest absolute Gasteiger partial charge is 0.416 e. The first-order valence-electron chi connectivity index (χ1n) is 8.75. The number of aryl methyl sites for hydroxylation is 1. The van der Waals surface area contributed by atoms with E-state index in [4.69, 9.17) is 4.42 Å². The summed E-state index contributed by atoms with van der Waals surface area (Å²) in [6, 6.07) is 5.95. The summed E-state index contributed by atoms with van der Waals surface area (Å²) in [7, 11) is 4.01. The third-order valence-corrected chi connectivity index (χ3v) is 4.88. The molecule has 0 aliphatic heterocycles. The fraction of sp³-hybridized carbons (Fsp3) is 0.368. The molecular formula is C19H19F3N4O2. The number of phenolic OH excluding ortho intramolecular Hbond substituents is 1. The van der Waals surface area contributed by atoms with Crippen LogP contribution < -0.4 is 5.32 Å². The lowest BCUT2D eigenvalue weighted by Gasteiger charge is -2.13. The molecule has 1 aromatic carbocycles. The molecule has 1 fully saturated rings. The van der Waals surface area contributed by atoms with Gasteiger partial charge in [0.05, 0.1) is 11.3 Å². The molecule has 6 nitrogen and oxygen atoms in total. The second kappa shape index (κ2) is 6.37. The molecule has 0 radical (unpaired) electrons. The number of hydrogen-bond donors (Lipinski definition) is 2. The highest BCUT2D eigenvalue weighted by atomic mass is 19.4. The number of phenols is 1. The van der Waals surface area contributed by atoms with E-state index in [0.29, 0.717) is 35.0 Å². The van der Waals surface area contributed by atoms with Gasteiger partial charge in [-0.2, -0.15) is 18.2 Å². The molecule has 3 aromatic rings. The quantitative estimate of drug-likeness (QED) is 0.698. The van der Waals surface area contributed by atoms with E-state index in [0.717, 1.165) is 12.5 Å². The van der Waals surface area contributed by atoms with Crippen LogP contribution in [0.15, 0.2) is 28.7 Å². The predicted molar refractivity (Wildman–Crippen MR) is 98.1 cm³/mol. The first kappa shape index (κ1) is 18.5. The predicted octanol–water partition coefficient (Wildman–Crippen LogP) is 4.04. The van der Waals surface area contributed by atoms with Crippen molar-refractivity contribution in [1.29, 1.82) is 0 Å². The zero-order valence-corrected chi connectivity index (χ0v) is 15.5. The van der Waals surface area contributed by atoms with E-state index >= 15 is 0 Å². The van der Waals surface area contributed by atoms with Gasteiger partial charge in [0, 0.05) is 17.6 Å². The fourth-order valence-corrected chi connectivity index (χ4v) is 3.35. The van der Waals surface area contributed by atoms with Gasteiger partial charge < -0.3 is 19.7 Å². The summed E-state index contributed by atoms with van der Waals surface area (Å²) < 4.78 is 44.4. The number of halogens is 3. The van der Waals surface area contributed by atoms with Gasteiger partial charge >= 0.3 is 6.18 Å². The number of alkyl halides is 3. The number of nitrogens with zero attached hydrogens (tertiary/aromatic N) is 3. The molecule has 0 bridgehead atoms. The molecule has 0 spiro atoms. The minimum Gasteiger partial charge on any atom is -0.507 e. The average molecular weight is 392 g/mol. The first-order chi connectivity index (χ1) is 13.1.